The summed E-state index contributed by atoms with van der Waals surface area (Å²) in [4.78, 5) is 2.54. The van der Waals surface area contributed by atoms with Gasteiger partial charge in [0.15, 0.2) is 0 Å². The van der Waals surface area contributed by atoms with Gasteiger partial charge in [0.05, 0.1) is 0 Å². The van der Waals surface area contributed by atoms with Crippen molar-refractivity contribution in [3.63, 3.8) is 0 Å². The minimum absolute atomic E-state index is 0.393. The second-order valence-electron chi connectivity index (χ2n) is 8.38. The Hall–Kier alpha value is -1.84. The van der Waals surface area contributed by atoms with Gasteiger partial charge in [0.25, 0.3) is 0 Å². The number of nitrogens with zero attached hydrogens (tertiary/aromatic N) is 1. The van der Waals surface area contributed by atoms with E-state index >= 15 is 0 Å². The average Bonchev–Trinajstić information content (AvgIpc) is 3.61. The zero-order chi connectivity index (χ0) is 17.5. The van der Waals surface area contributed by atoms with Crippen LogP contribution in [0, 0.1) is 0 Å². The first-order valence-corrected chi connectivity index (χ1v) is 10.2. The molecule has 3 N–H and O–H groups in total. The first-order valence-electron chi connectivity index (χ1n) is 10.2. The van der Waals surface area contributed by atoms with Crippen LogP contribution in [0.4, 0.5) is 5.69 Å². The van der Waals surface area contributed by atoms with E-state index in [2.05, 4.69) is 64.8 Å². The van der Waals surface area contributed by atoms with Crippen LogP contribution in [0.2, 0.25) is 0 Å². The van der Waals surface area contributed by atoms with Crippen LogP contribution >= 0.6 is 0 Å². The predicted octanol–water partition coefficient (Wildman–Crippen LogP) is 3.62. The van der Waals surface area contributed by atoms with Crippen LogP contribution in [-0.4, -0.2) is 31.2 Å². The lowest BCUT2D eigenvalue weighted by molar-refractivity contribution is 0.410. The van der Waals surface area contributed by atoms with Crippen LogP contribution in [0.1, 0.15) is 48.6 Å². The SMILES string of the molecule is N[C@H]1C[C@@H]1c1ccc(N2CCC(N[C@@H]3C[C@H]3c3ccccc3)CC2)cc1. The molecule has 136 valence electrons. The molecule has 2 aromatic carbocycles. The number of benzene rings is 2. The first-order chi connectivity index (χ1) is 12.8. The number of nitrogens with two attached hydrogens (primary N) is 1. The maximum Gasteiger partial charge on any atom is 0.0366 e. The first kappa shape index (κ1) is 16.3. The summed E-state index contributed by atoms with van der Waals surface area (Å²) in [6, 6.07) is 21.9. The van der Waals surface area contributed by atoms with Crippen molar-refractivity contribution in [2.45, 2.75) is 55.6 Å². The molecule has 1 aliphatic heterocycles. The van der Waals surface area contributed by atoms with E-state index in [1.165, 1.54) is 36.1 Å². The number of rotatable bonds is 5. The molecule has 5 rings (SSSR count). The summed E-state index contributed by atoms with van der Waals surface area (Å²) in [7, 11) is 0. The molecular weight excluding hydrogens is 318 g/mol. The Balaban J connectivity index is 1.11. The molecule has 0 spiro atoms. The molecular formula is C23H29N3. The Labute approximate surface area is 156 Å². The second kappa shape index (κ2) is 6.71. The van der Waals surface area contributed by atoms with Crippen molar-refractivity contribution in [2.75, 3.05) is 18.0 Å². The topological polar surface area (TPSA) is 41.3 Å². The standard InChI is InChI=1S/C23H29N3/c24-22-14-20(22)17-6-8-19(9-7-17)26-12-10-18(11-13-26)25-23-15-21(23)16-4-2-1-3-5-16/h1-9,18,20-23,25H,10-15,24H2/t20-,21+,22+,23-/m1/s1. The van der Waals surface area contributed by atoms with Crippen LogP contribution in [-0.2, 0) is 0 Å². The Bertz CT molecular complexity index is 734. The largest absolute Gasteiger partial charge is 0.371 e. The highest BCUT2D eigenvalue weighted by molar-refractivity contribution is 5.49. The molecule has 0 unspecified atom stereocenters. The fourth-order valence-electron chi connectivity index (χ4n) is 4.59. The monoisotopic (exact) mass is 347 g/mol. The maximum absolute atomic E-state index is 5.97. The van der Waals surface area contributed by atoms with E-state index in [1.807, 2.05) is 0 Å². The highest BCUT2D eigenvalue weighted by atomic mass is 15.2. The van der Waals surface area contributed by atoms with Crippen LogP contribution < -0.4 is 16.0 Å². The molecule has 0 amide bonds. The molecule has 1 saturated heterocycles. The Kier molecular flexibility index (Phi) is 4.22. The lowest BCUT2D eigenvalue weighted by atomic mass is 10.0. The second-order valence-corrected chi connectivity index (χ2v) is 8.38. The Morgan fingerprint density at radius 3 is 2.12 bits per heavy atom. The van der Waals surface area contributed by atoms with Crippen molar-refractivity contribution in [3.05, 3.63) is 65.7 Å². The minimum atomic E-state index is 0.393. The molecule has 4 atom stereocenters. The van der Waals surface area contributed by atoms with E-state index in [9.17, 15) is 0 Å². The van der Waals surface area contributed by atoms with Gasteiger partial charge < -0.3 is 16.0 Å². The number of nitrogens with one attached hydrogen (secondary N) is 1. The molecule has 3 aliphatic rings. The van der Waals surface area contributed by atoms with Gasteiger partial charge in [-0.2, -0.15) is 0 Å². The van der Waals surface area contributed by atoms with Gasteiger partial charge in [-0.15, -0.1) is 0 Å². The summed E-state index contributed by atoms with van der Waals surface area (Å²) in [5.41, 5.74) is 10.3. The maximum atomic E-state index is 5.97. The van der Waals surface area contributed by atoms with Crippen molar-refractivity contribution < 1.29 is 0 Å². The summed E-state index contributed by atoms with van der Waals surface area (Å²) in [6.45, 7) is 2.31. The fourth-order valence-corrected chi connectivity index (χ4v) is 4.59. The van der Waals surface area contributed by atoms with Crippen LogP contribution in [0.3, 0.4) is 0 Å². The quantitative estimate of drug-likeness (QED) is 0.868. The summed E-state index contributed by atoms with van der Waals surface area (Å²) >= 11 is 0. The van der Waals surface area contributed by atoms with Gasteiger partial charge in [-0.25, -0.2) is 0 Å². The summed E-state index contributed by atoms with van der Waals surface area (Å²) < 4.78 is 0. The van der Waals surface area contributed by atoms with E-state index in [1.54, 1.807) is 0 Å². The van der Waals surface area contributed by atoms with Gasteiger partial charge in [0.1, 0.15) is 0 Å². The normalized spacial score (nSPS) is 31.0. The number of anilines is 1. The van der Waals surface area contributed by atoms with Gasteiger partial charge >= 0.3 is 0 Å². The third-order valence-electron chi connectivity index (χ3n) is 6.49. The highest BCUT2D eigenvalue weighted by Crippen LogP contribution is 2.42. The Morgan fingerprint density at radius 2 is 1.46 bits per heavy atom. The van der Waals surface area contributed by atoms with E-state index < -0.39 is 0 Å². The van der Waals surface area contributed by atoms with Gasteiger partial charge in [-0.3, -0.25) is 0 Å². The molecule has 0 bridgehead atoms. The number of hydrogen-bond acceptors (Lipinski definition) is 3. The third-order valence-corrected chi connectivity index (χ3v) is 6.49. The van der Waals surface area contributed by atoms with Crippen LogP contribution in [0.15, 0.2) is 54.6 Å². The van der Waals surface area contributed by atoms with E-state index in [0.29, 0.717) is 24.0 Å². The Morgan fingerprint density at radius 1 is 0.808 bits per heavy atom. The van der Waals surface area contributed by atoms with Crippen molar-refractivity contribution in [1.29, 1.82) is 0 Å². The molecule has 1 heterocycles. The molecule has 2 saturated carbocycles. The van der Waals surface area contributed by atoms with E-state index in [0.717, 1.165) is 25.4 Å². The summed E-state index contributed by atoms with van der Waals surface area (Å²) in [5, 5.41) is 3.91. The molecule has 3 fully saturated rings. The minimum Gasteiger partial charge on any atom is -0.371 e. The number of piperidine rings is 1. The van der Waals surface area contributed by atoms with Gasteiger partial charge in [0, 0.05) is 48.7 Å². The van der Waals surface area contributed by atoms with Crippen LogP contribution in [0.5, 0.6) is 0 Å². The average molecular weight is 348 g/mol. The summed E-state index contributed by atoms with van der Waals surface area (Å²) in [5.74, 6) is 1.34. The predicted molar refractivity (Wildman–Crippen MR) is 108 cm³/mol. The van der Waals surface area contributed by atoms with Gasteiger partial charge in [0.2, 0.25) is 0 Å². The van der Waals surface area contributed by atoms with Crippen molar-refractivity contribution in [2.24, 2.45) is 5.73 Å². The number of hydrogen-bond donors (Lipinski definition) is 2. The molecule has 0 aromatic heterocycles. The lowest BCUT2D eigenvalue weighted by Gasteiger charge is -2.34. The van der Waals surface area contributed by atoms with Crippen molar-refractivity contribution >= 4 is 5.69 Å². The zero-order valence-corrected chi connectivity index (χ0v) is 15.4. The van der Waals surface area contributed by atoms with Crippen molar-refractivity contribution in [3.8, 4) is 0 Å². The van der Waals surface area contributed by atoms with Crippen LogP contribution in [0.25, 0.3) is 0 Å². The molecule has 2 aliphatic carbocycles. The molecule has 3 heteroatoms. The molecule has 0 radical (unpaired) electrons. The molecule has 26 heavy (non-hydrogen) atoms. The van der Waals surface area contributed by atoms with Gasteiger partial charge in [-0.1, -0.05) is 42.5 Å². The highest BCUT2D eigenvalue weighted by Gasteiger charge is 2.39. The smallest absolute Gasteiger partial charge is 0.0366 e. The van der Waals surface area contributed by atoms with Gasteiger partial charge in [-0.05, 0) is 48.9 Å². The third kappa shape index (κ3) is 3.38. The lowest BCUT2D eigenvalue weighted by Crippen LogP contribution is -2.43. The summed E-state index contributed by atoms with van der Waals surface area (Å²) in [6.07, 6.45) is 4.94. The van der Waals surface area contributed by atoms with E-state index in [4.69, 9.17) is 5.73 Å². The van der Waals surface area contributed by atoms with Crippen molar-refractivity contribution in [1.82, 2.24) is 5.32 Å². The fraction of sp³-hybridized carbons (Fsp3) is 0.478. The van der Waals surface area contributed by atoms with E-state index in [-0.39, 0.29) is 0 Å². The molecule has 3 nitrogen and oxygen atoms in total. The zero-order valence-electron chi connectivity index (χ0n) is 15.4. The molecule has 2 aromatic rings.